The van der Waals surface area contributed by atoms with E-state index in [4.69, 9.17) is 21.4 Å². The highest BCUT2D eigenvalue weighted by Crippen LogP contribution is 2.29. The molecule has 5 heteroatoms. The van der Waals surface area contributed by atoms with Crippen LogP contribution in [-0.2, 0) is 4.79 Å². The first-order chi connectivity index (χ1) is 9.54. The molecule has 2 aromatic carbocycles. The fraction of sp³-hybridized carbons (Fsp3) is 0.133. The third-order valence-corrected chi connectivity index (χ3v) is 3.80. The summed E-state index contributed by atoms with van der Waals surface area (Å²) in [6.07, 6.45) is -0.857. The first-order valence-corrected chi connectivity index (χ1v) is 7.17. The van der Waals surface area contributed by atoms with Gasteiger partial charge < -0.3 is 9.84 Å². The van der Waals surface area contributed by atoms with Gasteiger partial charge in [-0.3, -0.25) is 0 Å². The fourth-order valence-corrected chi connectivity index (χ4v) is 2.42. The highest BCUT2D eigenvalue weighted by Gasteiger charge is 2.12. The van der Waals surface area contributed by atoms with Gasteiger partial charge in [0.25, 0.3) is 0 Å². The minimum atomic E-state index is -0.982. The molecule has 0 saturated carbocycles. The van der Waals surface area contributed by atoms with E-state index in [0.29, 0.717) is 10.8 Å². The number of hydrogen-bond acceptors (Lipinski definition) is 3. The van der Waals surface area contributed by atoms with Gasteiger partial charge in [0.1, 0.15) is 5.75 Å². The Bertz CT molecular complexity index is 581. The Balaban J connectivity index is 2.01. The quantitative estimate of drug-likeness (QED) is 0.892. The molecular weight excluding hydrogens is 296 g/mol. The van der Waals surface area contributed by atoms with Crippen molar-refractivity contribution in [2.24, 2.45) is 0 Å². The fourth-order valence-electron chi connectivity index (χ4n) is 1.48. The number of benzene rings is 2. The zero-order valence-corrected chi connectivity index (χ0v) is 12.3. The molecule has 0 spiro atoms. The molecule has 0 bridgehead atoms. The Labute approximate surface area is 126 Å². The van der Waals surface area contributed by atoms with Crippen molar-refractivity contribution in [1.82, 2.24) is 0 Å². The van der Waals surface area contributed by atoms with Crippen LogP contribution in [0.1, 0.15) is 6.92 Å². The van der Waals surface area contributed by atoms with Gasteiger partial charge in [-0.15, -0.1) is 0 Å². The molecule has 2 rings (SSSR count). The van der Waals surface area contributed by atoms with Crippen LogP contribution in [0.25, 0.3) is 0 Å². The molecule has 0 heterocycles. The summed E-state index contributed by atoms with van der Waals surface area (Å²) in [7, 11) is 0. The number of hydrogen-bond donors (Lipinski definition) is 1. The van der Waals surface area contributed by atoms with Gasteiger partial charge in [0.2, 0.25) is 0 Å². The van der Waals surface area contributed by atoms with E-state index in [-0.39, 0.29) is 0 Å². The summed E-state index contributed by atoms with van der Waals surface area (Å²) in [5, 5.41) is 9.48. The second-order valence-electron chi connectivity index (χ2n) is 4.13. The molecule has 2 aromatic rings. The average molecular weight is 309 g/mol. The number of carboxylic acids is 1. The van der Waals surface area contributed by atoms with Crippen molar-refractivity contribution >= 4 is 29.3 Å². The van der Waals surface area contributed by atoms with Crippen LogP contribution in [0.15, 0.2) is 58.3 Å². The Morgan fingerprint density at radius 1 is 1.10 bits per heavy atom. The van der Waals surface area contributed by atoms with Gasteiger partial charge in [0.05, 0.1) is 0 Å². The van der Waals surface area contributed by atoms with Crippen LogP contribution < -0.4 is 4.74 Å². The zero-order chi connectivity index (χ0) is 14.5. The lowest BCUT2D eigenvalue weighted by Gasteiger charge is -2.10. The molecular formula is C15H13ClO3S. The van der Waals surface area contributed by atoms with Crippen LogP contribution in [0.4, 0.5) is 0 Å². The molecule has 20 heavy (non-hydrogen) atoms. The van der Waals surface area contributed by atoms with Crippen molar-refractivity contribution in [2.45, 2.75) is 22.8 Å². The van der Waals surface area contributed by atoms with E-state index in [2.05, 4.69) is 0 Å². The standard InChI is InChI=1S/C15H13ClO3S/c1-10(15(17)18)19-12-4-8-14(9-5-12)20-13-6-2-11(16)3-7-13/h2-10H,1H3,(H,17,18). The van der Waals surface area contributed by atoms with Gasteiger partial charge in [0.15, 0.2) is 6.10 Å². The second kappa shape index (κ2) is 6.68. The molecule has 1 unspecified atom stereocenters. The van der Waals surface area contributed by atoms with Gasteiger partial charge in [0, 0.05) is 14.8 Å². The maximum Gasteiger partial charge on any atom is 0.344 e. The summed E-state index contributed by atoms with van der Waals surface area (Å²) in [6.45, 7) is 1.50. The van der Waals surface area contributed by atoms with Crippen molar-refractivity contribution in [3.63, 3.8) is 0 Å². The second-order valence-corrected chi connectivity index (χ2v) is 5.71. The van der Waals surface area contributed by atoms with Gasteiger partial charge in [-0.1, -0.05) is 23.4 Å². The number of aliphatic carboxylic acids is 1. The van der Waals surface area contributed by atoms with Crippen molar-refractivity contribution in [3.05, 3.63) is 53.6 Å². The molecule has 0 aliphatic rings. The van der Waals surface area contributed by atoms with Crippen molar-refractivity contribution in [2.75, 3.05) is 0 Å². The normalized spacial score (nSPS) is 11.9. The van der Waals surface area contributed by atoms with Gasteiger partial charge in [-0.05, 0) is 55.5 Å². The van der Waals surface area contributed by atoms with Crippen LogP contribution in [0.2, 0.25) is 5.02 Å². The molecule has 0 radical (unpaired) electrons. The van der Waals surface area contributed by atoms with E-state index >= 15 is 0 Å². The van der Waals surface area contributed by atoms with E-state index in [9.17, 15) is 4.79 Å². The van der Waals surface area contributed by atoms with E-state index in [1.807, 2.05) is 36.4 Å². The molecule has 0 aliphatic heterocycles. The number of halogens is 1. The Kier molecular flexibility index (Phi) is 4.93. The summed E-state index contributed by atoms with van der Waals surface area (Å²) < 4.78 is 5.27. The summed E-state index contributed by atoms with van der Waals surface area (Å²) in [5.41, 5.74) is 0. The summed E-state index contributed by atoms with van der Waals surface area (Å²) in [4.78, 5) is 12.8. The lowest BCUT2D eigenvalue weighted by atomic mass is 10.3. The van der Waals surface area contributed by atoms with Gasteiger partial charge in [-0.2, -0.15) is 0 Å². The molecule has 0 aliphatic carbocycles. The van der Waals surface area contributed by atoms with Crippen molar-refractivity contribution in [1.29, 1.82) is 0 Å². The van der Waals surface area contributed by atoms with Crippen LogP contribution in [0.5, 0.6) is 5.75 Å². The lowest BCUT2D eigenvalue weighted by molar-refractivity contribution is -0.144. The molecule has 1 atom stereocenters. The monoisotopic (exact) mass is 308 g/mol. The molecule has 3 nitrogen and oxygen atoms in total. The smallest absolute Gasteiger partial charge is 0.344 e. The van der Waals surface area contributed by atoms with Crippen LogP contribution in [0, 0.1) is 0 Å². The van der Waals surface area contributed by atoms with E-state index < -0.39 is 12.1 Å². The van der Waals surface area contributed by atoms with Gasteiger partial charge in [-0.25, -0.2) is 4.79 Å². The largest absolute Gasteiger partial charge is 0.479 e. The average Bonchev–Trinajstić information content (AvgIpc) is 2.43. The number of rotatable bonds is 5. The highest BCUT2D eigenvalue weighted by molar-refractivity contribution is 7.99. The van der Waals surface area contributed by atoms with Crippen molar-refractivity contribution in [3.8, 4) is 5.75 Å². The van der Waals surface area contributed by atoms with Crippen LogP contribution in [-0.4, -0.2) is 17.2 Å². The molecule has 104 valence electrons. The van der Waals surface area contributed by atoms with Gasteiger partial charge >= 0.3 is 5.97 Å². The number of ether oxygens (including phenoxy) is 1. The summed E-state index contributed by atoms with van der Waals surface area (Å²) in [5.74, 6) is -0.440. The Hall–Kier alpha value is -1.65. The lowest BCUT2D eigenvalue weighted by Crippen LogP contribution is -2.22. The number of carbonyl (C=O) groups is 1. The van der Waals surface area contributed by atoms with E-state index in [0.717, 1.165) is 9.79 Å². The predicted molar refractivity (Wildman–Crippen MR) is 79.7 cm³/mol. The maximum atomic E-state index is 10.7. The molecule has 0 aromatic heterocycles. The van der Waals surface area contributed by atoms with Crippen LogP contribution in [0.3, 0.4) is 0 Å². The van der Waals surface area contributed by atoms with Crippen LogP contribution >= 0.6 is 23.4 Å². The zero-order valence-electron chi connectivity index (χ0n) is 10.7. The highest BCUT2D eigenvalue weighted by atomic mass is 35.5. The minimum Gasteiger partial charge on any atom is -0.479 e. The Morgan fingerprint density at radius 3 is 2.10 bits per heavy atom. The van der Waals surface area contributed by atoms with Crippen molar-refractivity contribution < 1.29 is 14.6 Å². The predicted octanol–water partition coefficient (Wildman–Crippen LogP) is 4.34. The summed E-state index contributed by atoms with van der Waals surface area (Å²) in [6, 6.07) is 14.9. The first kappa shape index (κ1) is 14.8. The molecule has 0 amide bonds. The third kappa shape index (κ3) is 4.18. The molecule has 1 N–H and O–H groups in total. The molecule has 0 saturated heterocycles. The molecule has 0 fully saturated rings. The minimum absolute atomic E-state index is 0.542. The van der Waals surface area contributed by atoms with E-state index in [1.165, 1.54) is 6.92 Å². The first-order valence-electron chi connectivity index (χ1n) is 5.97. The Morgan fingerprint density at radius 2 is 1.60 bits per heavy atom. The SMILES string of the molecule is CC(Oc1ccc(Sc2ccc(Cl)cc2)cc1)C(=O)O. The van der Waals surface area contributed by atoms with E-state index in [1.54, 1.807) is 23.9 Å². The number of carboxylic acid groups (broad SMARTS) is 1. The summed E-state index contributed by atoms with van der Waals surface area (Å²) >= 11 is 7.44. The maximum absolute atomic E-state index is 10.7. The third-order valence-electron chi connectivity index (χ3n) is 2.53. The topological polar surface area (TPSA) is 46.5 Å².